The van der Waals surface area contributed by atoms with E-state index in [4.69, 9.17) is 9.47 Å². The number of hydrogen-bond donors (Lipinski definition) is 2. The number of aliphatic imine (C=N–C) groups is 1. The summed E-state index contributed by atoms with van der Waals surface area (Å²) in [5.74, 6) is 3.34. The van der Waals surface area contributed by atoms with Crippen LogP contribution < -0.4 is 15.4 Å². The topological polar surface area (TPSA) is 98.5 Å². The molecule has 0 amide bonds. The third kappa shape index (κ3) is 5.82. The lowest BCUT2D eigenvalue weighted by Gasteiger charge is -2.25. The Kier molecular flexibility index (Phi) is 7.29. The van der Waals surface area contributed by atoms with Crippen LogP contribution in [0.3, 0.4) is 0 Å². The van der Waals surface area contributed by atoms with E-state index >= 15 is 0 Å². The molecule has 1 unspecified atom stereocenters. The molecule has 1 aromatic carbocycles. The van der Waals surface area contributed by atoms with Crippen LogP contribution in [0.4, 0.5) is 0 Å². The Bertz CT molecular complexity index is 1020. The number of methoxy groups -OCH3 is 1. The molecule has 1 aliphatic heterocycles. The summed E-state index contributed by atoms with van der Waals surface area (Å²) in [5, 5.41) is 11.4. The largest absolute Gasteiger partial charge is 0.487 e. The van der Waals surface area contributed by atoms with Crippen LogP contribution in [0.15, 0.2) is 53.7 Å². The van der Waals surface area contributed by atoms with Gasteiger partial charge in [0.2, 0.25) is 0 Å². The van der Waals surface area contributed by atoms with Crippen molar-refractivity contribution in [3.8, 4) is 5.75 Å². The third-order valence-corrected chi connectivity index (χ3v) is 5.24. The number of ether oxygens (including phenoxy) is 2. The molecule has 9 nitrogen and oxygen atoms in total. The quantitative estimate of drug-likeness (QED) is 0.413. The van der Waals surface area contributed by atoms with Crippen molar-refractivity contribution in [1.29, 1.82) is 0 Å². The van der Waals surface area contributed by atoms with Gasteiger partial charge in [-0.25, -0.2) is 9.67 Å². The number of nitrogens with zero attached hydrogens (tertiary/aromatic N) is 5. The number of fused-ring (bicyclic) bond motifs is 1. The summed E-state index contributed by atoms with van der Waals surface area (Å²) in [6.07, 6.45) is 3.63. The zero-order valence-electron chi connectivity index (χ0n) is 18.5. The number of rotatable bonds is 8. The summed E-state index contributed by atoms with van der Waals surface area (Å²) >= 11 is 0. The maximum Gasteiger partial charge on any atom is 0.191 e. The molecule has 0 saturated carbocycles. The van der Waals surface area contributed by atoms with E-state index in [1.165, 1.54) is 0 Å². The number of benzene rings is 1. The van der Waals surface area contributed by atoms with Gasteiger partial charge in [-0.1, -0.05) is 18.2 Å². The van der Waals surface area contributed by atoms with Gasteiger partial charge in [0, 0.05) is 39.4 Å². The first kappa shape index (κ1) is 21.8. The Balaban J connectivity index is 1.24. The molecule has 32 heavy (non-hydrogen) atoms. The lowest BCUT2D eigenvalue weighted by atomic mass is 10.1. The fourth-order valence-electron chi connectivity index (χ4n) is 3.59. The maximum absolute atomic E-state index is 5.80. The highest BCUT2D eigenvalue weighted by atomic mass is 16.5. The van der Waals surface area contributed by atoms with E-state index in [2.05, 4.69) is 30.7 Å². The summed E-state index contributed by atoms with van der Waals surface area (Å²) < 4.78 is 12.9. The molecular formula is C23H29N7O2. The van der Waals surface area contributed by atoms with E-state index in [0.717, 1.165) is 54.0 Å². The van der Waals surface area contributed by atoms with Gasteiger partial charge in [0.25, 0.3) is 0 Å². The average Bonchev–Trinajstić information content (AvgIpc) is 3.23. The highest BCUT2D eigenvalue weighted by Gasteiger charge is 2.22. The van der Waals surface area contributed by atoms with E-state index in [-0.39, 0.29) is 6.04 Å². The van der Waals surface area contributed by atoms with Crippen molar-refractivity contribution in [2.24, 2.45) is 4.99 Å². The molecule has 0 saturated heterocycles. The van der Waals surface area contributed by atoms with Crippen molar-refractivity contribution < 1.29 is 9.47 Å². The molecule has 3 aromatic rings. The van der Waals surface area contributed by atoms with E-state index in [1.54, 1.807) is 20.4 Å². The Labute approximate surface area is 187 Å². The van der Waals surface area contributed by atoms with E-state index < -0.39 is 0 Å². The van der Waals surface area contributed by atoms with Crippen LogP contribution in [0.25, 0.3) is 0 Å². The van der Waals surface area contributed by atoms with E-state index in [9.17, 15) is 0 Å². The Morgan fingerprint density at radius 1 is 1.19 bits per heavy atom. The van der Waals surface area contributed by atoms with Gasteiger partial charge in [0.1, 0.15) is 24.8 Å². The first-order chi connectivity index (χ1) is 15.7. The highest BCUT2D eigenvalue weighted by Crippen LogP contribution is 2.15. The van der Waals surface area contributed by atoms with Gasteiger partial charge in [-0.05, 0) is 36.2 Å². The van der Waals surface area contributed by atoms with E-state index in [0.29, 0.717) is 19.8 Å². The van der Waals surface area contributed by atoms with Crippen molar-refractivity contribution in [2.75, 3.05) is 14.2 Å². The number of nitrogens with one attached hydrogen (secondary N) is 2. The molecule has 2 aromatic heterocycles. The molecular weight excluding hydrogens is 406 g/mol. The fraction of sp³-hybridized carbons (Fsp3) is 0.391. The minimum atomic E-state index is 0.244. The number of aromatic nitrogens is 4. The highest BCUT2D eigenvalue weighted by molar-refractivity contribution is 5.79. The normalized spacial score (nSPS) is 15.8. The minimum Gasteiger partial charge on any atom is -0.487 e. The second-order valence-electron chi connectivity index (χ2n) is 7.62. The number of pyridine rings is 1. The molecule has 3 heterocycles. The maximum atomic E-state index is 5.80. The van der Waals surface area contributed by atoms with Gasteiger partial charge < -0.3 is 20.1 Å². The summed E-state index contributed by atoms with van der Waals surface area (Å²) in [7, 11) is 3.44. The van der Waals surface area contributed by atoms with Crippen LogP contribution in [0.1, 0.15) is 29.3 Å². The molecule has 2 N–H and O–H groups in total. The number of hydrogen-bond acceptors (Lipinski definition) is 6. The molecule has 0 spiro atoms. The summed E-state index contributed by atoms with van der Waals surface area (Å²) in [4.78, 5) is 13.2. The zero-order chi connectivity index (χ0) is 22.2. The standard InChI is InChI=1S/C23H29N7O2/c1-24-23(27-18-8-11-22-28-21(16-31-2)29-30(22)14-18)26-13-17-6-9-20(10-7-17)32-15-19-5-3-4-12-25-19/h3-7,9-10,12,18H,8,11,13-16H2,1-2H3,(H2,24,26,27). The second kappa shape index (κ2) is 10.7. The predicted molar refractivity (Wildman–Crippen MR) is 121 cm³/mol. The van der Waals surface area contributed by atoms with Crippen LogP contribution in [-0.4, -0.2) is 45.9 Å². The number of aryl methyl sites for hydroxylation is 1. The van der Waals surface area contributed by atoms with Crippen LogP contribution in [0.2, 0.25) is 0 Å². The lowest BCUT2D eigenvalue weighted by molar-refractivity contribution is 0.177. The van der Waals surface area contributed by atoms with Crippen molar-refractivity contribution in [3.05, 3.63) is 71.6 Å². The summed E-state index contributed by atoms with van der Waals surface area (Å²) in [6.45, 7) is 2.32. The van der Waals surface area contributed by atoms with Crippen molar-refractivity contribution >= 4 is 5.96 Å². The van der Waals surface area contributed by atoms with Gasteiger partial charge in [-0.3, -0.25) is 9.98 Å². The molecule has 4 rings (SSSR count). The van der Waals surface area contributed by atoms with Gasteiger partial charge in [-0.2, -0.15) is 5.10 Å². The van der Waals surface area contributed by atoms with Gasteiger partial charge >= 0.3 is 0 Å². The van der Waals surface area contributed by atoms with Gasteiger partial charge in [-0.15, -0.1) is 0 Å². The second-order valence-corrected chi connectivity index (χ2v) is 7.62. The first-order valence-electron chi connectivity index (χ1n) is 10.7. The van der Waals surface area contributed by atoms with Crippen LogP contribution in [0.5, 0.6) is 5.75 Å². The van der Waals surface area contributed by atoms with E-state index in [1.807, 2.05) is 47.1 Å². The molecule has 1 aliphatic rings. The smallest absolute Gasteiger partial charge is 0.191 e. The predicted octanol–water partition coefficient (Wildman–Crippen LogP) is 2.08. The minimum absolute atomic E-state index is 0.244. The number of guanidine groups is 1. The molecule has 168 valence electrons. The molecule has 0 fully saturated rings. The lowest BCUT2D eigenvalue weighted by Crippen LogP contribution is -2.46. The molecule has 9 heteroatoms. The van der Waals surface area contributed by atoms with Crippen molar-refractivity contribution in [3.63, 3.8) is 0 Å². The Morgan fingerprint density at radius 2 is 2.06 bits per heavy atom. The van der Waals surface area contributed by atoms with Crippen LogP contribution in [-0.2, 0) is 37.5 Å². The van der Waals surface area contributed by atoms with Crippen LogP contribution >= 0.6 is 0 Å². The average molecular weight is 436 g/mol. The molecule has 1 atom stereocenters. The van der Waals surface area contributed by atoms with Gasteiger partial charge in [0.15, 0.2) is 11.8 Å². The monoisotopic (exact) mass is 435 g/mol. The van der Waals surface area contributed by atoms with Crippen molar-refractivity contribution in [2.45, 2.75) is 45.2 Å². The SMILES string of the molecule is CN=C(NCc1ccc(OCc2ccccn2)cc1)NC1CCc2nc(COC)nn2C1. The molecule has 0 aliphatic carbocycles. The fourth-order valence-corrected chi connectivity index (χ4v) is 3.59. The Hall–Kier alpha value is -3.46. The van der Waals surface area contributed by atoms with Crippen LogP contribution in [0, 0.1) is 0 Å². The third-order valence-electron chi connectivity index (χ3n) is 5.24. The Morgan fingerprint density at radius 3 is 2.81 bits per heavy atom. The summed E-state index contributed by atoms with van der Waals surface area (Å²) in [6, 6.07) is 14.1. The zero-order valence-corrected chi connectivity index (χ0v) is 18.5. The summed E-state index contributed by atoms with van der Waals surface area (Å²) in [5.41, 5.74) is 2.05. The molecule has 0 bridgehead atoms. The van der Waals surface area contributed by atoms with Crippen molar-refractivity contribution in [1.82, 2.24) is 30.4 Å². The first-order valence-corrected chi connectivity index (χ1v) is 10.7. The molecule has 0 radical (unpaired) electrons. The van der Waals surface area contributed by atoms with Gasteiger partial charge in [0.05, 0.1) is 12.2 Å².